The maximum absolute atomic E-state index is 5.35. The van der Waals surface area contributed by atoms with Gasteiger partial charge in [-0.05, 0) is 36.5 Å². The van der Waals surface area contributed by atoms with Gasteiger partial charge >= 0.3 is 0 Å². The third kappa shape index (κ3) is 4.07. The van der Waals surface area contributed by atoms with E-state index in [4.69, 9.17) is 4.52 Å². The zero-order valence-electron chi connectivity index (χ0n) is 15.9. The van der Waals surface area contributed by atoms with Crippen LogP contribution in [0.25, 0.3) is 10.9 Å². The number of guanidine groups is 1. The molecule has 0 aliphatic heterocycles. The van der Waals surface area contributed by atoms with Gasteiger partial charge < -0.3 is 20.1 Å². The second kappa shape index (κ2) is 8.08. The van der Waals surface area contributed by atoms with Crippen LogP contribution in [0, 0.1) is 6.92 Å². The Labute approximate surface area is 154 Å². The minimum Gasteiger partial charge on any atom is -0.361 e. The van der Waals surface area contributed by atoms with Gasteiger partial charge in [0.15, 0.2) is 11.7 Å². The van der Waals surface area contributed by atoms with E-state index >= 15 is 0 Å². The van der Waals surface area contributed by atoms with Gasteiger partial charge in [0.05, 0.1) is 12.2 Å². The van der Waals surface area contributed by atoms with Crippen molar-refractivity contribution in [1.82, 2.24) is 20.8 Å². The number of fused-ring (bicyclic) bond motifs is 1. The Bertz CT molecular complexity index is 891. The number of aliphatic imine (C=N–C) groups is 1. The summed E-state index contributed by atoms with van der Waals surface area (Å²) < 4.78 is 5.35. The van der Waals surface area contributed by atoms with E-state index in [0.29, 0.717) is 12.5 Å². The van der Waals surface area contributed by atoms with Gasteiger partial charge in [0.1, 0.15) is 0 Å². The number of nitrogens with zero attached hydrogens (tertiary/aromatic N) is 2. The van der Waals surface area contributed by atoms with E-state index in [1.54, 1.807) is 7.05 Å². The van der Waals surface area contributed by atoms with Crippen LogP contribution < -0.4 is 10.6 Å². The monoisotopic (exact) mass is 353 g/mol. The first-order valence-electron chi connectivity index (χ1n) is 9.04. The molecule has 26 heavy (non-hydrogen) atoms. The Morgan fingerprint density at radius 3 is 2.88 bits per heavy atom. The first-order chi connectivity index (χ1) is 12.6. The lowest BCUT2D eigenvalue weighted by Gasteiger charge is -2.10. The van der Waals surface area contributed by atoms with Gasteiger partial charge in [0, 0.05) is 36.8 Å². The lowest BCUT2D eigenvalue weighted by Crippen LogP contribution is -2.37. The fourth-order valence-electron chi connectivity index (χ4n) is 3.04. The summed E-state index contributed by atoms with van der Waals surface area (Å²) in [7, 11) is 1.77. The quantitative estimate of drug-likeness (QED) is 0.468. The molecule has 6 nitrogen and oxygen atoms in total. The molecule has 3 aromatic rings. The van der Waals surface area contributed by atoms with Crippen molar-refractivity contribution in [3.8, 4) is 0 Å². The van der Waals surface area contributed by atoms with Crippen molar-refractivity contribution in [2.24, 2.45) is 4.99 Å². The molecule has 0 spiro atoms. The summed E-state index contributed by atoms with van der Waals surface area (Å²) in [5, 5.41) is 12.0. The van der Waals surface area contributed by atoms with Crippen LogP contribution in [0.2, 0.25) is 0 Å². The predicted octanol–water partition coefficient (Wildman–Crippen LogP) is 3.50. The van der Waals surface area contributed by atoms with E-state index in [1.807, 2.05) is 6.07 Å². The largest absolute Gasteiger partial charge is 0.361 e. The fraction of sp³-hybridized carbons (Fsp3) is 0.400. The first-order valence-corrected chi connectivity index (χ1v) is 9.04. The molecule has 2 aromatic heterocycles. The number of aryl methyl sites for hydroxylation is 1. The summed E-state index contributed by atoms with van der Waals surface area (Å²) >= 11 is 0. The smallest absolute Gasteiger partial charge is 0.191 e. The molecule has 0 unspecified atom stereocenters. The summed E-state index contributed by atoms with van der Waals surface area (Å²) in [4.78, 5) is 7.61. The molecule has 0 amide bonds. The number of rotatable bonds is 6. The van der Waals surface area contributed by atoms with Crippen LogP contribution in [-0.2, 0) is 13.0 Å². The number of nitrogens with one attached hydrogen (secondary N) is 3. The average Bonchev–Trinajstić information content (AvgIpc) is 3.26. The van der Waals surface area contributed by atoms with E-state index in [-0.39, 0.29) is 0 Å². The third-order valence-electron chi connectivity index (χ3n) is 4.50. The van der Waals surface area contributed by atoms with Crippen LogP contribution in [0.5, 0.6) is 0 Å². The van der Waals surface area contributed by atoms with Crippen molar-refractivity contribution in [3.63, 3.8) is 0 Å². The molecule has 0 atom stereocenters. The molecule has 138 valence electrons. The maximum Gasteiger partial charge on any atom is 0.191 e. The van der Waals surface area contributed by atoms with E-state index < -0.39 is 0 Å². The predicted molar refractivity (Wildman–Crippen MR) is 106 cm³/mol. The van der Waals surface area contributed by atoms with Crippen molar-refractivity contribution < 1.29 is 4.52 Å². The highest BCUT2D eigenvalue weighted by Gasteiger charge is 2.09. The Balaban J connectivity index is 1.52. The average molecular weight is 353 g/mol. The molecule has 3 N–H and O–H groups in total. The highest BCUT2D eigenvalue weighted by atomic mass is 16.5. The normalized spacial score (nSPS) is 12.1. The van der Waals surface area contributed by atoms with Crippen LogP contribution in [0.3, 0.4) is 0 Å². The molecule has 3 rings (SSSR count). The van der Waals surface area contributed by atoms with Gasteiger partial charge in [0.2, 0.25) is 0 Å². The molecule has 0 aliphatic rings. The zero-order chi connectivity index (χ0) is 18.5. The van der Waals surface area contributed by atoms with Crippen LogP contribution in [-0.4, -0.2) is 29.7 Å². The standard InChI is InChI=1S/C20H27N5O/c1-13(2)18-10-16(26-25-18)12-24-20(21-4)22-9-8-15-11-23-17-7-5-6-14(3)19(15)17/h5-7,10-11,13,23H,8-9,12H2,1-4H3,(H2,21,22,24). The van der Waals surface area contributed by atoms with E-state index in [1.165, 1.54) is 22.0 Å². The van der Waals surface area contributed by atoms with Crippen LogP contribution in [0.15, 0.2) is 40.0 Å². The molecule has 0 radical (unpaired) electrons. The van der Waals surface area contributed by atoms with Crippen molar-refractivity contribution in [2.75, 3.05) is 13.6 Å². The second-order valence-corrected chi connectivity index (χ2v) is 6.79. The lowest BCUT2D eigenvalue weighted by atomic mass is 10.1. The summed E-state index contributed by atoms with van der Waals surface area (Å²) in [5.74, 6) is 1.93. The van der Waals surface area contributed by atoms with Crippen LogP contribution in [0.4, 0.5) is 0 Å². The summed E-state index contributed by atoms with van der Waals surface area (Å²) in [6.45, 7) is 7.71. The van der Waals surface area contributed by atoms with Gasteiger partial charge in [-0.1, -0.05) is 31.1 Å². The molecular weight excluding hydrogens is 326 g/mol. The van der Waals surface area contributed by atoms with Gasteiger partial charge in [-0.25, -0.2) is 0 Å². The molecule has 6 heteroatoms. The Morgan fingerprint density at radius 1 is 1.31 bits per heavy atom. The summed E-state index contributed by atoms with van der Waals surface area (Å²) in [6, 6.07) is 8.33. The molecule has 0 bridgehead atoms. The summed E-state index contributed by atoms with van der Waals surface area (Å²) in [6.07, 6.45) is 3.02. The van der Waals surface area contributed by atoms with Gasteiger partial charge in [0.25, 0.3) is 0 Å². The topological polar surface area (TPSA) is 78.2 Å². The van der Waals surface area contributed by atoms with Gasteiger partial charge in [-0.3, -0.25) is 4.99 Å². The minimum atomic E-state index is 0.365. The highest BCUT2D eigenvalue weighted by Crippen LogP contribution is 2.22. The number of benzene rings is 1. The molecule has 0 saturated heterocycles. The Hall–Kier alpha value is -2.76. The van der Waals surface area contributed by atoms with Crippen LogP contribution >= 0.6 is 0 Å². The molecule has 2 heterocycles. The van der Waals surface area contributed by atoms with Crippen molar-refractivity contribution in [1.29, 1.82) is 0 Å². The SMILES string of the molecule is CN=C(NCCc1c[nH]c2cccc(C)c12)NCc1cc(C(C)C)no1. The maximum atomic E-state index is 5.35. The number of aromatic nitrogens is 2. The van der Waals surface area contributed by atoms with E-state index in [0.717, 1.165) is 30.4 Å². The van der Waals surface area contributed by atoms with E-state index in [9.17, 15) is 0 Å². The molecule has 0 saturated carbocycles. The number of hydrogen-bond acceptors (Lipinski definition) is 3. The number of H-pyrrole nitrogens is 1. The van der Waals surface area contributed by atoms with E-state index in [2.05, 4.69) is 70.9 Å². The van der Waals surface area contributed by atoms with Crippen molar-refractivity contribution in [3.05, 3.63) is 53.0 Å². The molecule has 1 aromatic carbocycles. The number of aromatic amines is 1. The molecular formula is C20H27N5O. The lowest BCUT2D eigenvalue weighted by molar-refractivity contribution is 0.372. The van der Waals surface area contributed by atoms with Crippen molar-refractivity contribution >= 4 is 16.9 Å². The van der Waals surface area contributed by atoms with Crippen LogP contribution in [0.1, 0.15) is 42.3 Å². The zero-order valence-corrected chi connectivity index (χ0v) is 15.9. The summed E-state index contributed by atoms with van der Waals surface area (Å²) in [5.41, 5.74) is 4.78. The highest BCUT2D eigenvalue weighted by molar-refractivity contribution is 5.86. The fourth-order valence-corrected chi connectivity index (χ4v) is 3.04. The number of hydrogen-bond donors (Lipinski definition) is 3. The van der Waals surface area contributed by atoms with Crippen molar-refractivity contribution in [2.45, 2.75) is 39.7 Å². The minimum absolute atomic E-state index is 0.365. The molecule has 0 aliphatic carbocycles. The third-order valence-corrected chi connectivity index (χ3v) is 4.50. The Morgan fingerprint density at radius 2 is 2.15 bits per heavy atom. The molecule has 0 fully saturated rings. The van der Waals surface area contributed by atoms with Gasteiger partial charge in [-0.15, -0.1) is 0 Å². The first kappa shape index (κ1) is 18.0. The van der Waals surface area contributed by atoms with Gasteiger partial charge in [-0.2, -0.15) is 0 Å². The Kier molecular flexibility index (Phi) is 5.61. The second-order valence-electron chi connectivity index (χ2n) is 6.79.